The van der Waals surface area contributed by atoms with Crippen LogP contribution in [0.4, 0.5) is 8.78 Å². The molecule has 4 rings (SSSR count). The summed E-state index contributed by atoms with van der Waals surface area (Å²) in [6.45, 7) is 5.39. The summed E-state index contributed by atoms with van der Waals surface area (Å²) < 4.78 is 40.2. The minimum absolute atomic E-state index is 0.0189. The average Bonchev–Trinajstić information content (AvgIpc) is 2.88. The van der Waals surface area contributed by atoms with Crippen molar-refractivity contribution in [3.63, 3.8) is 0 Å². The summed E-state index contributed by atoms with van der Waals surface area (Å²) in [5, 5.41) is 0. The lowest BCUT2D eigenvalue weighted by Crippen LogP contribution is -2.37. The molecule has 0 radical (unpaired) electrons. The summed E-state index contributed by atoms with van der Waals surface area (Å²) in [4.78, 5) is 0. The maximum Gasteiger partial charge on any atom is 0.200 e. The molecule has 2 nitrogen and oxygen atoms in total. The molecule has 3 fully saturated rings. The zero-order valence-corrected chi connectivity index (χ0v) is 21.5. The van der Waals surface area contributed by atoms with Gasteiger partial charge in [-0.25, -0.2) is 4.39 Å². The van der Waals surface area contributed by atoms with Crippen molar-refractivity contribution in [1.29, 1.82) is 0 Å². The van der Waals surface area contributed by atoms with Crippen LogP contribution < -0.4 is 4.74 Å². The van der Waals surface area contributed by atoms with E-state index in [9.17, 15) is 8.78 Å². The second kappa shape index (κ2) is 12.7. The normalized spacial score (nSPS) is 32.5. The van der Waals surface area contributed by atoms with Crippen molar-refractivity contribution in [2.24, 2.45) is 29.6 Å². The summed E-state index contributed by atoms with van der Waals surface area (Å²) >= 11 is 0. The van der Waals surface area contributed by atoms with Crippen LogP contribution in [0.5, 0.6) is 5.75 Å². The number of halogens is 2. The number of benzene rings is 1. The molecule has 34 heavy (non-hydrogen) atoms. The fourth-order valence-electron chi connectivity index (χ4n) is 7.13. The molecular formula is C30H46F2O2. The molecule has 1 aromatic carbocycles. The Morgan fingerprint density at radius 2 is 1.41 bits per heavy atom. The predicted molar refractivity (Wildman–Crippen MR) is 134 cm³/mol. The lowest BCUT2D eigenvalue weighted by atomic mass is 9.71. The molecule has 2 atom stereocenters. The largest absolute Gasteiger partial charge is 0.491 e. The highest BCUT2D eigenvalue weighted by atomic mass is 19.2. The monoisotopic (exact) mass is 476 g/mol. The Balaban J connectivity index is 1.16. The fraction of sp³-hybridized carbons (Fsp3) is 0.800. The van der Waals surface area contributed by atoms with Gasteiger partial charge in [0.2, 0.25) is 5.82 Å². The molecule has 1 aromatic rings. The minimum Gasteiger partial charge on any atom is -0.491 e. The summed E-state index contributed by atoms with van der Waals surface area (Å²) in [6.07, 6.45) is 18.0. The molecular weight excluding hydrogens is 430 g/mol. The van der Waals surface area contributed by atoms with E-state index in [1.54, 1.807) is 19.1 Å². The zero-order valence-electron chi connectivity index (χ0n) is 21.5. The second-order valence-corrected chi connectivity index (χ2v) is 11.4. The summed E-state index contributed by atoms with van der Waals surface area (Å²) in [5.74, 6) is 2.37. The summed E-state index contributed by atoms with van der Waals surface area (Å²) in [6, 6.07) is 3.27. The van der Waals surface area contributed by atoms with Gasteiger partial charge >= 0.3 is 0 Å². The Morgan fingerprint density at radius 3 is 2.03 bits per heavy atom. The molecule has 0 N–H and O–H groups in total. The molecule has 0 amide bonds. The number of aryl methyl sites for hydroxylation is 1. The Kier molecular flexibility index (Phi) is 9.68. The van der Waals surface area contributed by atoms with Gasteiger partial charge in [0, 0.05) is 0 Å². The van der Waals surface area contributed by atoms with Crippen LogP contribution in [0.2, 0.25) is 0 Å². The van der Waals surface area contributed by atoms with E-state index >= 15 is 0 Å². The van der Waals surface area contributed by atoms with E-state index in [1.165, 1.54) is 77.0 Å². The van der Waals surface area contributed by atoms with Crippen molar-refractivity contribution >= 4 is 0 Å². The molecule has 2 saturated carbocycles. The predicted octanol–water partition coefficient (Wildman–Crippen LogP) is 8.50. The Bertz CT molecular complexity index is 742. The molecule has 0 spiro atoms. The number of hydrogen-bond acceptors (Lipinski definition) is 2. The van der Waals surface area contributed by atoms with Crippen LogP contribution >= 0.6 is 0 Å². The van der Waals surface area contributed by atoms with Gasteiger partial charge in [0.1, 0.15) is 0 Å². The molecule has 3 aliphatic rings. The lowest BCUT2D eigenvalue weighted by molar-refractivity contribution is -0.0740. The van der Waals surface area contributed by atoms with Gasteiger partial charge in [0.15, 0.2) is 11.6 Å². The molecule has 0 aromatic heterocycles. The fourth-order valence-corrected chi connectivity index (χ4v) is 7.13. The maximum absolute atomic E-state index is 14.4. The second-order valence-electron chi connectivity index (χ2n) is 11.4. The summed E-state index contributed by atoms with van der Waals surface area (Å²) in [7, 11) is 0. The van der Waals surface area contributed by atoms with Crippen LogP contribution in [0.25, 0.3) is 0 Å². The Morgan fingerprint density at radius 1 is 0.765 bits per heavy atom. The minimum atomic E-state index is -0.840. The van der Waals surface area contributed by atoms with Gasteiger partial charge in [-0.3, -0.25) is 0 Å². The highest BCUT2D eigenvalue weighted by Gasteiger charge is 2.35. The van der Waals surface area contributed by atoms with Crippen LogP contribution in [-0.4, -0.2) is 19.3 Å². The van der Waals surface area contributed by atoms with Crippen molar-refractivity contribution in [1.82, 2.24) is 0 Å². The van der Waals surface area contributed by atoms with E-state index in [1.807, 2.05) is 0 Å². The highest BCUT2D eigenvalue weighted by Crippen LogP contribution is 2.42. The smallest absolute Gasteiger partial charge is 0.200 e. The van der Waals surface area contributed by atoms with Crippen molar-refractivity contribution in [3.05, 3.63) is 29.3 Å². The van der Waals surface area contributed by atoms with E-state index in [2.05, 4.69) is 6.92 Å². The number of hydrogen-bond donors (Lipinski definition) is 0. The van der Waals surface area contributed by atoms with E-state index in [4.69, 9.17) is 9.47 Å². The van der Waals surface area contributed by atoms with Crippen LogP contribution in [0.3, 0.4) is 0 Å². The van der Waals surface area contributed by atoms with E-state index in [0.717, 1.165) is 36.7 Å². The highest BCUT2D eigenvalue weighted by molar-refractivity contribution is 5.31. The van der Waals surface area contributed by atoms with Crippen molar-refractivity contribution in [3.8, 4) is 5.75 Å². The lowest BCUT2D eigenvalue weighted by Gasteiger charge is -2.41. The first-order chi connectivity index (χ1) is 16.6. The molecule has 2 unspecified atom stereocenters. The van der Waals surface area contributed by atoms with Gasteiger partial charge in [-0.2, -0.15) is 4.39 Å². The third-order valence-electron chi connectivity index (χ3n) is 9.27. The maximum atomic E-state index is 14.4. The first kappa shape index (κ1) is 25.9. The first-order valence-corrected chi connectivity index (χ1v) is 14.3. The topological polar surface area (TPSA) is 18.5 Å². The van der Waals surface area contributed by atoms with Crippen LogP contribution in [0.1, 0.15) is 103 Å². The molecule has 4 heteroatoms. The molecule has 0 bridgehead atoms. The van der Waals surface area contributed by atoms with E-state index in [-0.39, 0.29) is 5.75 Å². The van der Waals surface area contributed by atoms with Crippen LogP contribution in [0.15, 0.2) is 12.1 Å². The molecule has 1 aliphatic heterocycles. The van der Waals surface area contributed by atoms with Gasteiger partial charge in [0.25, 0.3) is 0 Å². The molecule has 1 heterocycles. The Labute approximate surface area is 206 Å². The van der Waals surface area contributed by atoms with Crippen molar-refractivity contribution < 1.29 is 18.3 Å². The SMILES string of the molecule is CCCC1CCC(C2CCC(C3CCC(CCc4ccc(OCC)c(F)c4F)CC3)CO2)CC1. The van der Waals surface area contributed by atoms with E-state index < -0.39 is 11.6 Å². The Hall–Kier alpha value is -1.16. The number of rotatable bonds is 9. The first-order valence-electron chi connectivity index (χ1n) is 14.3. The molecule has 2 aliphatic carbocycles. The van der Waals surface area contributed by atoms with Crippen molar-refractivity contribution in [2.45, 2.75) is 110 Å². The quantitative estimate of drug-likeness (QED) is 0.356. The van der Waals surface area contributed by atoms with E-state index in [0.29, 0.717) is 30.6 Å². The van der Waals surface area contributed by atoms with Gasteiger partial charge in [-0.1, -0.05) is 51.5 Å². The zero-order chi connectivity index (χ0) is 23.9. The third kappa shape index (κ3) is 6.53. The van der Waals surface area contributed by atoms with Crippen molar-refractivity contribution in [2.75, 3.05) is 13.2 Å². The van der Waals surface area contributed by atoms with Gasteiger partial charge in [0.05, 0.1) is 19.3 Å². The summed E-state index contributed by atoms with van der Waals surface area (Å²) in [5.41, 5.74) is 0.485. The van der Waals surface area contributed by atoms with Crippen LogP contribution in [0, 0.1) is 41.2 Å². The number of ether oxygens (including phenoxy) is 2. The average molecular weight is 477 g/mol. The van der Waals surface area contributed by atoms with Crippen LogP contribution in [-0.2, 0) is 11.2 Å². The standard InChI is InChI=1S/C30H46F2O2/c1-3-5-21-8-13-24(14-9-21)27-18-17-26(20-34-27)23-11-6-22(7-12-23)10-15-25-16-19-28(33-4-2)30(32)29(25)31/h16,19,21-24,26-27H,3-15,17-18,20H2,1-2H3. The van der Waals surface area contributed by atoms with Gasteiger partial charge in [-0.05, 0) is 99.5 Å². The third-order valence-corrected chi connectivity index (χ3v) is 9.27. The van der Waals surface area contributed by atoms with Gasteiger partial charge in [-0.15, -0.1) is 0 Å². The molecule has 192 valence electrons. The van der Waals surface area contributed by atoms with Gasteiger partial charge < -0.3 is 9.47 Å². The molecule has 1 saturated heterocycles.